The lowest BCUT2D eigenvalue weighted by Crippen LogP contribution is -2.27. The number of rotatable bonds is 1. The molecule has 2 rings (SSSR count). The van der Waals surface area contributed by atoms with E-state index in [0.29, 0.717) is 0 Å². The Bertz CT molecular complexity index is 340. The summed E-state index contributed by atoms with van der Waals surface area (Å²) < 4.78 is 1.08. The molecule has 0 spiro atoms. The summed E-state index contributed by atoms with van der Waals surface area (Å²) >= 11 is 8.60. The van der Waals surface area contributed by atoms with Gasteiger partial charge in [-0.3, -0.25) is 0 Å². The van der Waals surface area contributed by atoms with Crippen molar-refractivity contribution in [3.63, 3.8) is 0 Å². The summed E-state index contributed by atoms with van der Waals surface area (Å²) in [5.41, 5.74) is 1.14. The van der Waals surface area contributed by atoms with Crippen molar-refractivity contribution in [1.82, 2.24) is 5.32 Å². The third-order valence-electron chi connectivity index (χ3n) is 1.98. The van der Waals surface area contributed by atoms with Crippen LogP contribution in [0.25, 0.3) is 0 Å². The Morgan fingerprint density at radius 3 is 2.92 bits per heavy atom. The fraction of sp³-hybridized carbons (Fsp3) is 0.222. The number of halogens is 1. The van der Waals surface area contributed by atoms with Gasteiger partial charge in [0.1, 0.15) is 0 Å². The van der Waals surface area contributed by atoms with E-state index in [1.54, 1.807) is 0 Å². The van der Waals surface area contributed by atoms with E-state index in [-0.39, 0.29) is 0 Å². The van der Waals surface area contributed by atoms with Gasteiger partial charge < -0.3 is 10.2 Å². The molecule has 1 N–H and O–H groups in total. The van der Waals surface area contributed by atoms with Crippen LogP contribution in [-0.2, 0) is 0 Å². The fourth-order valence-electron chi connectivity index (χ4n) is 1.36. The molecule has 1 aromatic carbocycles. The highest BCUT2D eigenvalue weighted by molar-refractivity contribution is 9.10. The Kier molecular flexibility index (Phi) is 2.51. The predicted octanol–water partition coefficient (Wildman–Crippen LogP) is 2.14. The van der Waals surface area contributed by atoms with Crippen LogP contribution in [0.15, 0.2) is 28.7 Å². The van der Waals surface area contributed by atoms with Crippen LogP contribution in [0.1, 0.15) is 0 Å². The largest absolute Gasteiger partial charge is 0.360 e. The van der Waals surface area contributed by atoms with Crippen molar-refractivity contribution in [3.8, 4) is 0 Å². The number of nitrogens with zero attached hydrogens (tertiary/aromatic N) is 1. The first-order chi connectivity index (χ1) is 6.27. The van der Waals surface area contributed by atoms with Crippen molar-refractivity contribution >= 4 is 38.9 Å². The molecular weight excluding hydrogens is 248 g/mol. The lowest BCUT2D eigenvalue weighted by Gasteiger charge is -2.16. The molecule has 1 fully saturated rings. The average Bonchev–Trinajstić information content (AvgIpc) is 2.51. The van der Waals surface area contributed by atoms with E-state index in [0.717, 1.165) is 28.4 Å². The summed E-state index contributed by atoms with van der Waals surface area (Å²) in [5, 5.41) is 3.95. The number of anilines is 1. The van der Waals surface area contributed by atoms with Crippen molar-refractivity contribution in [2.24, 2.45) is 0 Å². The molecule has 0 bridgehead atoms. The van der Waals surface area contributed by atoms with Gasteiger partial charge in [0.05, 0.1) is 0 Å². The van der Waals surface area contributed by atoms with Gasteiger partial charge in [-0.05, 0) is 30.4 Å². The molecule has 4 heteroatoms. The molecule has 0 unspecified atom stereocenters. The van der Waals surface area contributed by atoms with Crippen LogP contribution >= 0.6 is 28.1 Å². The second kappa shape index (κ2) is 3.64. The molecule has 1 aliphatic rings. The number of benzene rings is 1. The zero-order valence-electron chi connectivity index (χ0n) is 6.96. The maximum Gasteiger partial charge on any atom is 0.173 e. The topological polar surface area (TPSA) is 15.3 Å². The Hall–Kier alpha value is -0.610. The molecular formula is C9H9BrN2S. The van der Waals surface area contributed by atoms with Crippen LogP contribution in [0.3, 0.4) is 0 Å². The van der Waals surface area contributed by atoms with E-state index in [1.807, 2.05) is 12.1 Å². The Labute approximate surface area is 91.1 Å². The second-order valence-electron chi connectivity index (χ2n) is 2.86. The zero-order chi connectivity index (χ0) is 9.26. The van der Waals surface area contributed by atoms with Crippen molar-refractivity contribution in [2.75, 3.05) is 18.0 Å². The maximum atomic E-state index is 5.17. The molecule has 0 aromatic heterocycles. The molecule has 1 aliphatic heterocycles. The highest BCUT2D eigenvalue weighted by Crippen LogP contribution is 2.20. The molecule has 0 atom stereocenters. The molecule has 0 radical (unpaired) electrons. The highest BCUT2D eigenvalue weighted by Gasteiger charge is 2.17. The van der Waals surface area contributed by atoms with Crippen LogP contribution in [0.5, 0.6) is 0 Å². The normalized spacial score (nSPS) is 16.1. The minimum Gasteiger partial charge on any atom is -0.360 e. The summed E-state index contributed by atoms with van der Waals surface area (Å²) in [5.74, 6) is 0. The number of nitrogens with one attached hydrogen (secondary N) is 1. The van der Waals surface area contributed by atoms with Crippen molar-refractivity contribution in [2.45, 2.75) is 0 Å². The smallest absolute Gasteiger partial charge is 0.173 e. The van der Waals surface area contributed by atoms with Gasteiger partial charge in [0.2, 0.25) is 0 Å². The monoisotopic (exact) mass is 256 g/mol. The molecule has 13 heavy (non-hydrogen) atoms. The predicted molar refractivity (Wildman–Crippen MR) is 62.1 cm³/mol. The first kappa shape index (κ1) is 8.97. The third-order valence-corrected chi connectivity index (χ3v) is 2.83. The third kappa shape index (κ3) is 1.84. The van der Waals surface area contributed by atoms with E-state index in [1.165, 1.54) is 0 Å². The summed E-state index contributed by atoms with van der Waals surface area (Å²) in [6.45, 7) is 1.89. The minimum absolute atomic E-state index is 0.818. The van der Waals surface area contributed by atoms with Gasteiger partial charge in [-0.25, -0.2) is 0 Å². The zero-order valence-corrected chi connectivity index (χ0v) is 9.36. The van der Waals surface area contributed by atoms with Crippen LogP contribution < -0.4 is 10.2 Å². The molecule has 68 valence electrons. The maximum absolute atomic E-state index is 5.17. The Balaban J connectivity index is 2.29. The van der Waals surface area contributed by atoms with E-state index in [9.17, 15) is 0 Å². The SMILES string of the molecule is S=C1NCCN1c1cccc(Br)c1. The molecule has 1 heterocycles. The molecule has 0 amide bonds. The van der Waals surface area contributed by atoms with Gasteiger partial charge in [-0.1, -0.05) is 22.0 Å². The molecule has 0 aliphatic carbocycles. The minimum atomic E-state index is 0.818. The summed E-state index contributed by atoms with van der Waals surface area (Å²) in [6.07, 6.45) is 0. The standard InChI is InChI=1S/C9H9BrN2S/c10-7-2-1-3-8(6-7)12-5-4-11-9(12)13/h1-3,6H,4-5H2,(H,11,13). The quantitative estimate of drug-likeness (QED) is 0.776. The average molecular weight is 257 g/mol. The lowest BCUT2D eigenvalue weighted by atomic mass is 10.3. The summed E-state index contributed by atoms with van der Waals surface area (Å²) in [4.78, 5) is 2.10. The Morgan fingerprint density at radius 2 is 2.31 bits per heavy atom. The molecule has 0 saturated carbocycles. The summed E-state index contributed by atoms with van der Waals surface area (Å²) in [7, 11) is 0. The van der Waals surface area contributed by atoms with E-state index in [2.05, 4.69) is 38.3 Å². The van der Waals surface area contributed by atoms with Crippen molar-refractivity contribution in [3.05, 3.63) is 28.7 Å². The fourth-order valence-corrected chi connectivity index (χ4v) is 2.05. The first-order valence-corrected chi connectivity index (χ1v) is 5.28. The molecule has 2 nitrogen and oxygen atoms in total. The van der Waals surface area contributed by atoms with Crippen LogP contribution in [0.4, 0.5) is 5.69 Å². The number of thiocarbonyl (C=S) groups is 1. The van der Waals surface area contributed by atoms with Crippen LogP contribution in [-0.4, -0.2) is 18.2 Å². The van der Waals surface area contributed by atoms with Gasteiger partial charge in [0.15, 0.2) is 5.11 Å². The number of hydrogen-bond acceptors (Lipinski definition) is 1. The van der Waals surface area contributed by atoms with E-state index < -0.39 is 0 Å². The van der Waals surface area contributed by atoms with Crippen molar-refractivity contribution < 1.29 is 0 Å². The number of hydrogen-bond donors (Lipinski definition) is 1. The lowest BCUT2D eigenvalue weighted by molar-refractivity contribution is 0.975. The van der Waals surface area contributed by atoms with Gasteiger partial charge in [-0.15, -0.1) is 0 Å². The Morgan fingerprint density at radius 1 is 1.46 bits per heavy atom. The van der Waals surface area contributed by atoms with Crippen molar-refractivity contribution in [1.29, 1.82) is 0 Å². The van der Waals surface area contributed by atoms with E-state index >= 15 is 0 Å². The van der Waals surface area contributed by atoms with E-state index in [4.69, 9.17) is 12.2 Å². The van der Waals surface area contributed by atoms with Crippen LogP contribution in [0.2, 0.25) is 0 Å². The molecule has 1 saturated heterocycles. The second-order valence-corrected chi connectivity index (χ2v) is 4.17. The van der Waals surface area contributed by atoms with Gasteiger partial charge in [0.25, 0.3) is 0 Å². The van der Waals surface area contributed by atoms with Gasteiger partial charge >= 0.3 is 0 Å². The first-order valence-electron chi connectivity index (χ1n) is 4.08. The van der Waals surface area contributed by atoms with Gasteiger partial charge in [0, 0.05) is 23.2 Å². The molecule has 1 aromatic rings. The summed E-state index contributed by atoms with van der Waals surface area (Å²) in [6, 6.07) is 8.15. The van der Waals surface area contributed by atoms with Crippen LogP contribution in [0, 0.1) is 0 Å². The van der Waals surface area contributed by atoms with Gasteiger partial charge in [-0.2, -0.15) is 0 Å². The highest BCUT2D eigenvalue weighted by atomic mass is 79.9.